The normalized spacial score (nSPS) is 14.1. The molecule has 6 heteroatoms. The summed E-state index contributed by atoms with van der Waals surface area (Å²) in [5.41, 5.74) is 6.48. The Labute approximate surface area is 128 Å². The lowest BCUT2D eigenvalue weighted by Gasteiger charge is -2.19. The van der Waals surface area contributed by atoms with Crippen molar-refractivity contribution in [3.63, 3.8) is 0 Å². The van der Waals surface area contributed by atoms with Crippen LogP contribution in [-0.2, 0) is 0 Å². The summed E-state index contributed by atoms with van der Waals surface area (Å²) >= 11 is 4.22. The first-order valence-corrected chi connectivity index (χ1v) is 6.74. The molecule has 1 aromatic carbocycles. The maximum absolute atomic E-state index is 9.83. The highest BCUT2D eigenvalue weighted by Gasteiger charge is 2.20. The summed E-state index contributed by atoms with van der Waals surface area (Å²) in [4.78, 5) is 0. The van der Waals surface area contributed by atoms with Crippen LogP contribution in [-0.4, -0.2) is 16.3 Å². The van der Waals surface area contributed by atoms with E-state index in [1.807, 2.05) is 19.1 Å². The van der Waals surface area contributed by atoms with E-state index in [1.165, 1.54) is 0 Å². The number of phenolic OH excluding ortho intramolecular Hbond substituents is 1. The first-order valence-electron chi connectivity index (χ1n) is 4.59. The minimum Gasteiger partial charge on any atom is -0.506 e. The van der Waals surface area contributed by atoms with E-state index >= 15 is 0 Å². The predicted octanol–water partition coefficient (Wildman–Crippen LogP) is 2.79. The minimum atomic E-state index is -0.620. The van der Waals surface area contributed by atoms with E-state index in [-0.39, 0.29) is 18.2 Å². The fourth-order valence-corrected chi connectivity index (χ4v) is 3.19. The predicted molar refractivity (Wildman–Crippen MR) is 84.0 cm³/mol. The largest absolute Gasteiger partial charge is 0.506 e. The van der Waals surface area contributed by atoms with Crippen LogP contribution in [0.15, 0.2) is 12.1 Å². The van der Waals surface area contributed by atoms with Gasteiger partial charge < -0.3 is 15.9 Å². The number of hydrogen-bond acceptors (Lipinski definition) is 3. The van der Waals surface area contributed by atoms with Gasteiger partial charge in [-0.2, -0.15) is 0 Å². The van der Waals surface area contributed by atoms with Crippen LogP contribution in [0.1, 0.15) is 24.9 Å². The fraction of sp³-hybridized carbons (Fsp3) is 0.400. The van der Waals surface area contributed by atoms with E-state index in [0.29, 0.717) is 12.0 Å². The maximum atomic E-state index is 9.83. The van der Waals surface area contributed by atoms with E-state index in [4.69, 9.17) is 5.73 Å². The van der Waals surface area contributed by atoms with Gasteiger partial charge in [-0.3, -0.25) is 0 Å². The van der Waals surface area contributed by atoms with Gasteiger partial charge in [-0.05, 0) is 63.7 Å². The third-order valence-electron chi connectivity index (χ3n) is 2.25. The van der Waals surface area contributed by atoms with Gasteiger partial charge in [0, 0.05) is 9.13 Å². The van der Waals surface area contributed by atoms with Gasteiger partial charge in [-0.1, -0.05) is 6.92 Å². The van der Waals surface area contributed by atoms with Crippen LogP contribution in [0.25, 0.3) is 0 Å². The van der Waals surface area contributed by atoms with Crippen LogP contribution in [0, 0.1) is 7.14 Å². The Hall–Kier alpha value is 0.690. The van der Waals surface area contributed by atoms with Crippen molar-refractivity contribution in [2.24, 2.45) is 5.73 Å². The monoisotopic (exact) mass is 469 g/mol. The van der Waals surface area contributed by atoms with Crippen LogP contribution in [0.2, 0.25) is 0 Å². The number of benzene rings is 1. The van der Waals surface area contributed by atoms with Gasteiger partial charge in [0.05, 0.1) is 15.7 Å². The standard InChI is InChI=1S/C10H13I2NO2.ClH/c1-2-8(14)9(13)6-3-5(11)4-7(12)10(6)15;/h3-4,8-9,14-15H,2,13H2,1H3;1H/t8-,9+;/m1./s1. The SMILES string of the molecule is CC[C@@H](O)[C@@H](N)c1cc(I)cc(I)c1O.Cl. The minimum absolute atomic E-state index is 0. The Morgan fingerprint density at radius 3 is 2.44 bits per heavy atom. The topological polar surface area (TPSA) is 66.5 Å². The van der Waals surface area contributed by atoms with Crippen LogP contribution >= 0.6 is 57.6 Å². The summed E-state index contributed by atoms with van der Waals surface area (Å²) in [7, 11) is 0. The number of halogens is 3. The molecule has 0 fully saturated rings. The second kappa shape index (κ2) is 7.20. The Morgan fingerprint density at radius 2 is 1.94 bits per heavy atom. The molecule has 0 spiro atoms. The average Bonchev–Trinajstić information content (AvgIpc) is 2.21. The molecule has 0 radical (unpaired) electrons. The number of rotatable bonds is 3. The molecule has 1 aromatic rings. The van der Waals surface area contributed by atoms with Crippen molar-refractivity contribution in [3.05, 3.63) is 24.8 Å². The van der Waals surface area contributed by atoms with Crippen molar-refractivity contribution in [2.75, 3.05) is 0 Å². The lowest BCUT2D eigenvalue weighted by atomic mass is 10.00. The lowest BCUT2D eigenvalue weighted by Crippen LogP contribution is -2.25. The van der Waals surface area contributed by atoms with Crippen molar-refractivity contribution in [2.45, 2.75) is 25.5 Å². The molecule has 0 unspecified atom stereocenters. The molecule has 0 aliphatic heterocycles. The summed E-state index contributed by atoms with van der Waals surface area (Å²) < 4.78 is 1.76. The maximum Gasteiger partial charge on any atom is 0.133 e. The molecule has 0 aliphatic rings. The highest BCUT2D eigenvalue weighted by molar-refractivity contribution is 14.1. The molecule has 0 aliphatic carbocycles. The summed E-state index contributed by atoms with van der Waals surface area (Å²) in [6.45, 7) is 1.86. The average molecular weight is 469 g/mol. The van der Waals surface area contributed by atoms with E-state index in [1.54, 1.807) is 0 Å². The van der Waals surface area contributed by atoms with Gasteiger partial charge in [0.2, 0.25) is 0 Å². The van der Waals surface area contributed by atoms with E-state index in [2.05, 4.69) is 45.2 Å². The number of aliphatic hydroxyl groups excluding tert-OH is 1. The zero-order chi connectivity index (χ0) is 11.6. The van der Waals surface area contributed by atoms with Gasteiger partial charge in [0.15, 0.2) is 0 Å². The molecule has 0 saturated carbocycles. The third kappa shape index (κ3) is 3.86. The van der Waals surface area contributed by atoms with Gasteiger partial charge in [-0.25, -0.2) is 0 Å². The first kappa shape index (κ1) is 16.7. The molecule has 0 amide bonds. The second-order valence-electron chi connectivity index (χ2n) is 3.33. The van der Waals surface area contributed by atoms with Crippen molar-refractivity contribution >= 4 is 57.6 Å². The molecule has 1 rings (SSSR count). The summed E-state index contributed by atoms with van der Waals surface area (Å²) in [6.07, 6.45) is -0.0484. The highest BCUT2D eigenvalue weighted by atomic mass is 127. The number of aliphatic hydroxyl groups is 1. The third-order valence-corrected chi connectivity index (χ3v) is 3.69. The molecule has 92 valence electrons. The van der Waals surface area contributed by atoms with Crippen LogP contribution in [0.5, 0.6) is 5.75 Å². The molecule has 0 aromatic heterocycles. The Bertz CT molecular complexity index is 363. The van der Waals surface area contributed by atoms with Gasteiger partial charge in [-0.15, -0.1) is 12.4 Å². The van der Waals surface area contributed by atoms with E-state index in [0.717, 1.165) is 7.14 Å². The quantitative estimate of drug-likeness (QED) is 0.597. The Balaban J connectivity index is 0.00000225. The van der Waals surface area contributed by atoms with Gasteiger partial charge >= 0.3 is 0 Å². The van der Waals surface area contributed by atoms with Crippen molar-refractivity contribution in [1.82, 2.24) is 0 Å². The molecule has 0 heterocycles. The first-order chi connectivity index (χ1) is 6.97. The van der Waals surface area contributed by atoms with Crippen LogP contribution < -0.4 is 5.73 Å². The van der Waals surface area contributed by atoms with E-state index in [9.17, 15) is 10.2 Å². The fourth-order valence-electron chi connectivity index (χ4n) is 1.30. The Kier molecular flexibility index (Phi) is 7.51. The lowest BCUT2D eigenvalue weighted by molar-refractivity contribution is 0.139. The zero-order valence-corrected chi connectivity index (χ0v) is 13.8. The number of hydrogen-bond donors (Lipinski definition) is 3. The van der Waals surface area contributed by atoms with Crippen molar-refractivity contribution in [3.8, 4) is 5.75 Å². The number of aromatic hydroxyl groups is 1. The molecule has 0 bridgehead atoms. The molecule has 4 N–H and O–H groups in total. The van der Waals surface area contributed by atoms with Gasteiger partial charge in [0.1, 0.15) is 5.75 Å². The number of nitrogens with two attached hydrogens (primary N) is 1. The van der Waals surface area contributed by atoms with Gasteiger partial charge in [0.25, 0.3) is 0 Å². The number of phenols is 1. The van der Waals surface area contributed by atoms with Crippen LogP contribution in [0.3, 0.4) is 0 Å². The Morgan fingerprint density at radius 1 is 1.38 bits per heavy atom. The molecule has 0 saturated heterocycles. The smallest absolute Gasteiger partial charge is 0.133 e. The van der Waals surface area contributed by atoms with Crippen molar-refractivity contribution in [1.29, 1.82) is 0 Å². The molecule has 3 nitrogen and oxygen atoms in total. The second-order valence-corrected chi connectivity index (χ2v) is 5.73. The van der Waals surface area contributed by atoms with Crippen LogP contribution in [0.4, 0.5) is 0 Å². The molecule has 2 atom stereocenters. The summed E-state index contributed by atoms with van der Waals surface area (Å²) in [5, 5.41) is 19.5. The summed E-state index contributed by atoms with van der Waals surface area (Å²) in [6, 6.07) is 3.14. The summed E-state index contributed by atoms with van der Waals surface area (Å²) in [5.74, 6) is 0.177. The molecule has 16 heavy (non-hydrogen) atoms. The van der Waals surface area contributed by atoms with E-state index < -0.39 is 12.1 Å². The molecular weight excluding hydrogens is 455 g/mol. The van der Waals surface area contributed by atoms with Crippen molar-refractivity contribution < 1.29 is 10.2 Å². The highest BCUT2D eigenvalue weighted by Crippen LogP contribution is 2.32. The molecular formula is C10H14ClI2NO2. The zero-order valence-electron chi connectivity index (χ0n) is 8.65.